The van der Waals surface area contributed by atoms with E-state index in [0.29, 0.717) is 5.82 Å². The molecule has 0 saturated carbocycles. The zero-order valence-electron chi connectivity index (χ0n) is 11.0. The van der Waals surface area contributed by atoms with Crippen molar-refractivity contribution in [3.8, 4) is 17.0 Å². The van der Waals surface area contributed by atoms with Crippen LogP contribution in [0.3, 0.4) is 0 Å². The summed E-state index contributed by atoms with van der Waals surface area (Å²) in [6.45, 7) is 0. The second-order valence-electron chi connectivity index (χ2n) is 4.38. The van der Waals surface area contributed by atoms with Crippen molar-refractivity contribution in [2.24, 2.45) is 5.84 Å². The van der Waals surface area contributed by atoms with Crippen LogP contribution < -0.4 is 16.0 Å². The molecule has 100 valence electrons. The number of hydrogen-bond acceptors (Lipinski definition) is 5. The number of nitrogens with zero attached hydrogens (tertiary/aromatic N) is 2. The van der Waals surface area contributed by atoms with Crippen molar-refractivity contribution in [3.63, 3.8) is 0 Å². The van der Waals surface area contributed by atoms with Crippen LogP contribution in [0.5, 0.6) is 5.75 Å². The molecule has 1 heterocycles. The number of methoxy groups -OCH3 is 1. The molecule has 0 aliphatic carbocycles. The van der Waals surface area contributed by atoms with Gasteiger partial charge in [0.15, 0.2) is 5.82 Å². The predicted molar refractivity (Wildman–Crippen MR) is 79.3 cm³/mol. The molecule has 0 aliphatic heterocycles. The molecule has 2 aromatic carbocycles. The third-order valence-corrected chi connectivity index (χ3v) is 3.16. The van der Waals surface area contributed by atoms with E-state index in [0.717, 1.165) is 27.8 Å². The number of aromatic nitrogens is 2. The Morgan fingerprint density at radius 2 is 1.75 bits per heavy atom. The number of nitrogen functional groups attached to an aromatic ring is 1. The SMILES string of the molecule is COc1ccc2cc(-c3ccc(NN)nn3)ccc2c1. The molecule has 0 amide bonds. The van der Waals surface area contributed by atoms with Crippen LogP contribution in [-0.4, -0.2) is 17.3 Å². The minimum Gasteiger partial charge on any atom is -0.497 e. The summed E-state index contributed by atoms with van der Waals surface area (Å²) in [4.78, 5) is 0. The Morgan fingerprint density at radius 3 is 2.45 bits per heavy atom. The van der Waals surface area contributed by atoms with Crippen molar-refractivity contribution in [1.29, 1.82) is 0 Å². The van der Waals surface area contributed by atoms with Crippen LogP contribution in [0, 0.1) is 0 Å². The first-order chi connectivity index (χ1) is 9.80. The lowest BCUT2D eigenvalue weighted by molar-refractivity contribution is 0.415. The highest BCUT2D eigenvalue weighted by Gasteiger charge is 2.03. The number of ether oxygens (including phenoxy) is 1. The van der Waals surface area contributed by atoms with E-state index in [4.69, 9.17) is 10.6 Å². The molecule has 0 bridgehead atoms. The fourth-order valence-corrected chi connectivity index (χ4v) is 2.07. The Balaban J connectivity index is 2.03. The molecule has 0 unspecified atom stereocenters. The van der Waals surface area contributed by atoms with Gasteiger partial charge in [-0.3, -0.25) is 0 Å². The van der Waals surface area contributed by atoms with Gasteiger partial charge in [-0.25, -0.2) is 5.84 Å². The molecular formula is C15H14N4O. The standard InChI is InChI=1S/C15H14N4O/c1-20-13-5-4-10-8-12(3-2-11(10)9-13)14-6-7-15(17-16)19-18-14/h2-9H,16H2,1H3,(H,17,19). The summed E-state index contributed by atoms with van der Waals surface area (Å²) in [5.41, 5.74) is 4.28. The van der Waals surface area contributed by atoms with E-state index in [-0.39, 0.29) is 0 Å². The van der Waals surface area contributed by atoms with Gasteiger partial charge in [-0.2, -0.15) is 0 Å². The Bertz CT molecular complexity index is 740. The van der Waals surface area contributed by atoms with Crippen molar-refractivity contribution >= 4 is 16.6 Å². The van der Waals surface area contributed by atoms with Crippen LogP contribution in [0.25, 0.3) is 22.0 Å². The number of benzene rings is 2. The molecule has 0 aliphatic rings. The third kappa shape index (κ3) is 2.26. The smallest absolute Gasteiger partial charge is 0.162 e. The van der Waals surface area contributed by atoms with Crippen LogP contribution in [-0.2, 0) is 0 Å². The Morgan fingerprint density at radius 1 is 0.950 bits per heavy atom. The average Bonchev–Trinajstić information content (AvgIpc) is 2.54. The lowest BCUT2D eigenvalue weighted by Gasteiger charge is -2.05. The highest BCUT2D eigenvalue weighted by Crippen LogP contribution is 2.26. The molecule has 0 saturated heterocycles. The van der Waals surface area contributed by atoms with Crippen LogP contribution in [0.2, 0.25) is 0 Å². The van der Waals surface area contributed by atoms with Gasteiger partial charge in [0.25, 0.3) is 0 Å². The van der Waals surface area contributed by atoms with E-state index in [2.05, 4.69) is 21.7 Å². The van der Waals surface area contributed by atoms with Crippen LogP contribution in [0.15, 0.2) is 48.5 Å². The molecular weight excluding hydrogens is 252 g/mol. The first-order valence-electron chi connectivity index (χ1n) is 6.19. The maximum absolute atomic E-state index is 5.28. The number of anilines is 1. The average molecular weight is 266 g/mol. The molecule has 5 heteroatoms. The fraction of sp³-hybridized carbons (Fsp3) is 0.0667. The van der Waals surface area contributed by atoms with Gasteiger partial charge < -0.3 is 10.2 Å². The molecule has 3 rings (SSSR count). The Kier molecular flexibility index (Phi) is 3.18. The van der Waals surface area contributed by atoms with Crippen molar-refractivity contribution in [2.45, 2.75) is 0 Å². The van der Waals surface area contributed by atoms with Crippen LogP contribution in [0.1, 0.15) is 0 Å². The lowest BCUT2D eigenvalue weighted by Crippen LogP contribution is -2.08. The second-order valence-corrected chi connectivity index (χ2v) is 4.38. The van der Waals surface area contributed by atoms with Gasteiger partial charge in [0.2, 0.25) is 0 Å². The number of rotatable bonds is 3. The molecule has 0 fully saturated rings. The lowest BCUT2D eigenvalue weighted by atomic mass is 10.0. The summed E-state index contributed by atoms with van der Waals surface area (Å²) >= 11 is 0. The summed E-state index contributed by atoms with van der Waals surface area (Å²) in [5, 5.41) is 10.4. The van der Waals surface area contributed by atoms with Crippen molar-refractivity contribution < 1.29 is 4.74 Å². The quantitative estimate of drug-likeness (QED) is 0.563. The Hall–Kier alpha value is -2.66. The van der Waals surface area contributed by atoms with E-state index in [1.54, 1.807) is 13.2 Å². The fourth-order valence-electron chi connectivity index (χ4n) is 2.07. The van der Waals surface area contributed by atoms with Gasteiger partial charge >= 0.3 is 0 Å². The van der Waals surface area contributed by atoms with Gasteiger partial charge in [0.1, 0.15) is 5.75 Å². The van der Waals surface area contributed by atoms with Gasteiger partial charge in [-0.05, 0) is 41.1 Å². The normalized spacial score (nSPS) is 10.5. The molecule has 0 atom stereocenters. The Labute approximate surface area is 116 Å². The maximum atomic E-state index is 5.28. The predicted octanol–water partition coefficient (Wildman–Crippen LogP) is 2.59. The third-order valence-electron chi connectivity index (χ3n) is 3.16. The van der Waals surface area contributed by atoms with Gasteiger partial charge in [0.05, 0.1) is 12.8 Å². The van der Waals surface area contributed by atoms with E-state index in [1.165, 1.54) is 0 Å². The van der Waals surface area contributed by atoms with Gasteiger partial charge in [0, 0.05) is 5.56 Å². The second kappa shape index (κ2) is 5.14. The molecule has 0 radical (unpaired) electrons. The summed E-state index contributed by atoms with van der Waals surface area (Å²) in [7, 11) is 1.66. The largest absolute Gasteiger partial charge is 0.497 e. The molecule has 1 aromatic heterocycles. The number of nitrogens with one attached hydrogen (secondary N) is 1. The molecule has 0 spiro atoms. The van der Waals surface area contributed by atoms with Crippen molar-refractivity contribution in [3.05, 3.63) is 48.5 Å². The first kappa shape index (κ1) is 12.4. The van der Waals surface area contributed by atoms with Crippen molar-refractivity contribution in [2.75, 3.05) is 12.5 Å². The molecule has 3 aromatic rings. The summed E-state index contributed by atoms with van der Waals surface area (Å²) in [5.74, 6) is 6.67. The number of fused-ring (bicyclic) bond motifs is 1. The zero-order chi connectivity index (χ0) is 13.9. The summed E-state index contributed by atoms with van der Waals surface area (Å²) in [6, 6.07) is 15.8. The molecule has 20 heavy (non-hydrogen) atoms. The number of nitrogens with two attached hydrogens (primary N) is 1. The number of hydrazine groups is 1. The van der Waals surface area contributed by atoms with Crippen molar-refractivity contribution in [1.82, 2.24) is 10.2 Å². The summed E-state index contributed by atoms with van der Waals surface area (Å²) < 4.78 is 5.22. The topological polar surface area (TPSA) is 73.1 Å². The van der Waals surface area contributed by atoms with E-state index < -0.39 is 0 Å². The maximum Gasteiger partial charge on any atom is 0.162 e. The minimum atomic E-state index is 0.541. The minimum absolute atomic E-state index is 0.541. The highest BCUT2D eigenvalue weighted by atomic mass is 16.5. The first-order valence-corrected chi connectivity index (χ1v) is 6.19. The van der Waals surface area contributed by atoms with E-state index in [9.17, 15) is 0 Å². The monoisotopic (exact) mass is 266 g/mol. The van der Waals surface area contributed by atoms with Crippen LogP contribution >= 0.6 is 0 Å². The molecule has 3 N–H and O–H groups in total. The van der Waals surface area contributed by atoms with E-state index in [1.807, 2.05) is 36.4 Å². The van der Waals surface area contributed by atoms with Crippen LogP contribution in [0.4, 0.5) is 5.82 Å². The zero-order valence-corrected chi connectivity index (χ0v) is 11.0. The highest BCUT2D eigenvalue weighted by molar-refractivity contribution is 5.87. The number of hydrogen-bond donors (Lipinski definition) is 2. The summed E-state index contributed by atoms with van der Waals surface area (Å²) in [6.07, 6.45) is 0. The van der Waals surface area contributed by atoms with Gasteiger partial charge in [-0.1, -0.05) is 18.2 Å². The van der Waals surface area contributed by atoms with Gasteiger partial charge in [-0.15, -0.1) is 10.2 Å². The molecule has 5 nitrogen and oxygen atoms in total. The van der Waals surface area contributed by atoms with E-state index >= 15 is 0 Å².